The van der Waals surface area contributed by atoms with Gasteiger partial charge in [0, 0.05) is 12.3 Å². The van der Waals surface area contributed by atoms with Gasteiger partial charge in [0.15, 0.2) is 0 Å². The van der Waals surface area contributed by atoms with Crippen molar-refractivity contribution >= 4 is 28.9 Å². The first kappa shape index (κ1) is 16.7. The maximum Gasteiger partial charge on any atom is 0.337 e. The molecule has 7 heteroatoms. The number of hydrogen-bond donors (Lipinski definition) is 2. The zero-order valence-electron chi connectivity index (χ0n) is 14.2. The van der Waals surface area contributed by atoms with Crippen molar-refractivity contribution < 1.29 is 18.7 Å². The zero-order valence-corrected chi connectivity index (χ0v) is 14.2. The van der Waals surface area contributed by atoms with Crippen molar-refractivity contribution in [1.82, 2.24) is 4.98 Å². The van der Waals surface area contributed by atoms with E-state index in [1.165, 1.54) is 19.4 Å². The second-order valence-corrected chi connectivity index (χ2v) is 5.96. The van der Waals surface area contributed by atoms with E-state index in [0.717, 1.165) is 5.56 Å². The molecule has 0 saturated heterocycles. The molecule has 2 heterocycles. The van der Waals surface area contributed by atoms with Gasteiger partial charge in [0.25, 0.3) is 5.91 Å². The van der Waals surface area contributed by atoms with Crippen molar-refractivity contribution in [2.24, 2.45) is 0 Å². The summed E-state index contributed by atoms with van der Waals surface area (Å²) >= 11 is 0. The number of methoxy groups -OCH3 is 1. The van der Waals surface area contributed by atoms with Gasteiger partial charge in [-0.2, -0.15) is 4.39 Å². The number of ether oxygens (including phenoxy) is 1. The summed E-state index contributed by atoms with van der Waals surface area (Å²) in [6.45, 7) is 0. The van der Waals surface area contributed by atoms with E-state index in [9.17, 15) is 14.0 Å². The molecule has 0 fully saturated rings. The van der Waals surface area contributed by atoms with Crippen LogP contribution >= 0.6 is 0 Å². The van der Waals surface area contributed by atoms with E-state index in [1.54, 1.807) is 42.5 Å². The first-order valence-electron chi connectivity index (χ1n) is 8.12. The van der Waals surface area contributed by atoms with E-state index in [1.807, 2.05) is 0 Å². The summed E-state index contributed by atoms with van der Waals surface area (Å²) in [4.78, 5) is 27.9. The molecule has 0 radical (unpaired) electrons. The number of esters is 1. The Morgan fingerprint density at radius 3 is 2.56 bits per heavy atom. The van der Waals surface area contributed by atoms with Crippen LogP contribution in [0.15, 0.2) is 54.7 Å². The minimum absolute atomic E-state index is 0.314. The maximum absolute atomic E-state index is 13.4. The van der Waals surface area contributed by atoms with Crippen molar-refractivity contribution in [1.29, 1.82) is 0 Å². The predicted molar refractivity (Wildman–Crippen MR) is 98.6 cm³/mol. The summed E-state index contributed by atoms with van der Waals surface area (Å²) in [6.07, 6.45) is 1.39. The van der Waals surface area contributed by atoms with Crippen molar-refractivity contribution in [3.63, 3.8) is 0 Å². The van der Waals surface area contributed by atoms with Gasteiger partial charge in [-0.15, -0.1) is 0 Å². The third-order valence-corrected chi connectivity index (χ3v) is 4.28. The molecule has 1 aromatic heterocycles. The van der Waals surface area contributed by atoms with Crippen LogP contribution < -0.4 is 10.6 Å². The van der Waals surface area contributed by atoms with Gasteiger partial charge in [-0.3, -0.25) is 4.79 Å². The lowest BCUT2D eigenvalue weighted by Gasteiger charge is -2.11. The average molecular weight is 363 g/mol. The number of nitrogens with zero attached hydrogens (tertiary/aromatic N) is 1. The highest BCUT2D eigenvalue weighted by atomic mass is 19.1. The van der Waals surface area contributed by atoms with Gasteiger partial charge in [-0.25, -0.2) is 9.78 Å². The molecule has 0 bridgehead atoms. The molecule has 2 aromatic carbocycles. The fourth-order valence-electron chi connectivity index (χ4n) is 2.94. The Labute approximate surface area is 154 Å². The largest absolute Gasteiger partial charge is 0.465 e. The van der Waals surface area contributed by atoms with E-state index in [4.69, 9.17) is 4.74 Å². The summed E-state index contributed by atoms with van der Waals surface area (Å²) in [6, 6.07) is 13.0. The van der Waals surface area contributed by atoms with Gasteiger partial charge in [-0.1, -0.05) is 6.07 Å². The molecular formula is C20H14FN3O3. The summed E-state index contributed by atoms with van der Waals surface area (Å²) in [5, 5.41) is 5.98. The molecule has 3 aromatic rings. The Bertz CT molecular complexity index is 1080. The monoisotopic (exact) mass is 363 g/mol. The van der Waals surface area contributed by atoms with Gasteiger partial charge < -0.3 is 15.4 Å². The number of hydrogen-bond acceptors (Lipinski definition) is 5. The minimum atomic E-state index is -0.575. The molecule has 0 unspecified atom stereocenters. The van der Waals surface area contributed by atoms with Crippen LogP contribution in [0.1, 0.15) is 20.7 Å². The predicted octanol–water partition coefficient (Wildman–Crippen LogP) is 3.98. The first-order valence-corrected chi connectivity index (χ1v) is 8.12. The fraction of sp³-hybridized carbons (Fsp3) is 0.0500. The third kappa shape index (κ3) is 3.10. The molecule has 1 aliphatic heterocycles. The van der Waals surface area contributed by atoms with Crippen LogP contribution in [0, 0.1) is 5.95 Å². The van der Waals surface area contributed by atoms with Crippen LogP contribution in [-0.4, -0.2) is 24.0 Å². The molecule has 6 nitrogen and oxygen atoms in total. The van der Waals surface area contributed by atoms with E-state index in [2.05, 4.69) is 15.6 Å². The lowest BCUT2D eigenvalue weighted by Crippen LogP contribution is -2.11. The molecule has 0 aliphatic carbocycles. The van der Waals surface area contributed by atoms with Crippen LogP contribution in [0.4, 0.5) is 21.5 Å². The van der Waals surface area contributed by atoms with E-state index in [0.29, 0.717) is 33.8 Å². The van der Waals surface area contributed by atoms with Crippen LogP contribution in [-0.2, 0) is 4.74 Å². The van der Waals surface area contributed by atoms with Crippen molar-refractivity contribution in [3.8, 4) is 11.1 Å². The molecule has 1 aliphatic rings. The molecule has 27 heavy (non-hydrogen) atoms. The quantitative estimate of drug-likeness (QED) is 0.532. The van der Waals surface area contributed by atoms with Gasteiger partial charge in [0.05, 0.1) is 35.3 Å². The topological polar surface area (TPSA) is 80.3 Å². The SMILES string of the molecule is COC(=O)c1ccc2c(c1)NC(=O)c1ccc(-c3ccnc(F)c3)cc1N2. The normalized spacial score (nSPS) is 12.1. The lowest BCUT2D eigenvalue weighted by molar-refractivity contribution is 0.0600. The van der Waals surface area contributed by atoms with E-state index in [-0.39, 0.29) is 5.91 Å². The summed E-state index contributed by atoms with van der Waals surface area (Å²) in [5.41, 5.74) is 3.83. The number of rotatable bonds is 2. The van der Waals surface area contributed by atoms with Crippen molar-refractivity contribution in [2.45, 2.75) is 0 Å². The number of nitrogens with one attached hydrogen (secondary N) is 2. The van der Waals surface area contributed by atoms with E-state index < -0.39 is 11.9 Å². The maximum atomic E-state index is 13.4. The number of anilines is 3. The number of carbonyl (C=O) groups is 2. The second kappa shape index (κ2) is 6.53. The number of aromatic nitrogens is 1. The van der Waals surface area contributed by atoms with Crippen molar-refractivity contribution in [3.05, 3.63) is 71.8 Å². The number of halogens is 1. The molecule has 2 N–H and O–H groups in total. The molecule has 0 saturated carbocycles. The van der Waals surface area contributed by atoms with Gasteiger partial charge in [0.1, 0.15) is 0 Å². The molecule has 134 valence electrons. The average Bonchev–Trinajstić information content (AvgIpc) is 2.82. The Morgan fingerprint density at radius 1 is 0.963 bits per heavy atom. The summed E-state index contributed by atoms with van der Waals surface area (Å²) in [5.74, 6) is -1.38. The number of pyridine rings is 1. The highest BCUT2D eigenvalue weighted by Gasteiger charge is 2.21. The highest BCUT2D eigenvalue weighted by Crippen LogP contribution is 2.35. The standard InChI is InChI=1S/C20H14FN3O3/c1-27-20(26)13-3-5-15-17(9-13)24-19(25)14-4-2-11(8-16(14)23-15)12-6-7-22-18(21)10-12/h2-10,23H,1H3,(H,24,25). The molecular weight excluding hydrogens is 349 g/mol. The van der Waals surface area contributed by atoms with Crippen LogP contribution in [0.25, 0.3) is 11.1 Å². The molecule has 0 spiro atoms. The molecule has 0 atom stereocenters. The first-order chi connectivity index (χ1) is 13.0. The zero-order chi connectivity index (χ0) is 19.0. The number of carbonyl (C=O) groups excluding carboxylic acids is 2. The van der Waals surface area contributed by atoms with E-state index >= 15 is 0 Å². The van der Waals surface area contributed by atoms with Crippen LogP contribution in [0.3, 0.4) is 0 Å². The minimum Gasteiger partial charge on any atom is -0.465 e. The second-order valence-electron chi connectivity index (χ2n) is 5.96. The Kier molecular flexibility index (Phi) is 4.04. The lowest BCUT2D eigenvalue weighted by atomic mass is 10.0. The van der Waals surface area contributed by atoms with Gasteiger partial charge in [0.2, 0.25) is 5.95 Å². The van der Waals surface area contributed by atoms with Crippen LogP contribution in [0.5, 0.6) is 0 Å². The Morgan fingerprint density at radius 2 is 1.78 bits per heavy atom. The van der Waals surface area contributed by atoms with Crippen molar-refractivity contribution in [2.75, 3.05) is 17.7 Å². The smallest absolute Gasteiger partial charge is 0.337 e. The summed E-state index contributed by atoms with van der Waals surface area (Å²) < 4.78 is 18.1. The number of amides is 1. The fourth-order valence-corrected chi connectivity index (χ4v) is 2.94. The number of benzene rings is 2. The Balaban J connectivity index is 1.77. The Hall–Kier alpha value is -3.74. The highest BCUT2D eigenvalue weighted by molar-refractivity contribution is 6.13. The third-order valence-electron chi connectivity index (χ3n) is 4.28. The summed E-state index contributed by atoms with van der Waals surface area (Å²) in [7, 11) is 1.30. The van der Waals surface area contributed by atoms with Gasteiger partial charge >= 0.3 is 5.97 Å². The van der Waals surface area contributed by atoms with Gasteiger partial charge in [-0.05, 0) is 47.5 Å². The molecule has 1 amide bonds. The van der Waals surface area contributed by atoms with Crippen LogP contribution in [0.2, 0.25) is 0 Å². The number of fused-ring (bicyclic) bond motifs is 2. The molecule has 4 rings (SSSR count).